The third-order valence-electron chi connectivity index (χ3n) is 6.85. The fourth-order valence-corrected chi connectivity index (χ4v) is 5.56. The number of para-hydroxylation sites is 1. The highest BCUT2D eigenvalue weighted by Crippen LogP contribution is 2.42. The summed E-state index contributed by atoms with van der Waals surface area (Å²) in [7, 11) is 0. The molecule has 0 unspecified atom stereocenters. The molecule has 9 nitrogen and oxygen atoms in total. The summed E-state index contributed by atoms with van der Waals surface area (Å²) in [5.41, 5.74) is 1.98. The molecule has 5 rings (SSSR count). The first-order valence-corrected chi connectivity index (χ1v) is 12.4. The Morgan fingerprint density at radius 2 is 1.97 bits per heavy atom. The zero-order valence-electron chi connectivity index (χ0n) is 19.3. The average Bonchev–Trinajstić information content (AvgIpc) is 3.47. The molecule has 3 N–H and O–H groups in total. The van der Waals surface area contributed by atoms with E-state index in [1.54, 1.807) is 30.5 Å². The number of oxime groups is 1. The number of phenolic OH excluding ortho intramolecular Hbond substituents is 1. The SMILES string of the molecule is O=C(NC[C@@H]1CC(Br)=NO1)[C@@H]1C[C@@](Cc2cnc3ccccc3c2)(c2ccc(O)cc2)CN1C(=O)O. The quantitative estimate of drug-likeness (QED) is 0.427. The molecule has 2 aliphatic rings. The smallest absolute Gasteiger partial charge is 0.408 e. The van der Waals surface area contributed by atoms with Crippen LogP contribution in [0.4, 0.5) is 4.79 Å². The highest BCUT2D eigenvalue weighted by atomic mass is 79.9. The van der Waals surface area contributed by atoms with Gasteiger partial charge in [0.2, 0.25) is 5.91 Å². The molecule has 3 heterocycles. The molecular weight excluding hydrogens is 528 g/mol. The molecule has 1 fully saturated rings. The second-order valence-electron chi connectivity index (χ2n) is 9.31. The van der Waals surface area contributed by atoms with Gasteiger partial charge in [0.25, 0.3) is 0 Å². The lowest BCUT2D eigenvalue weighted by Gasteiger charge is -2.30. The number of nitrogens with zero attached hydrogens (tertiary/aromatic N) is 3. The third-order valence-corrected chi connectivity index (χ3v) is 7.32. The molecule has 2 aliphatic heterocycles. The minimum Gasteiger partial charge on any atom is -0.508 e. The molecule has 0 bridgehead atoms. The van der Waals surface area contributed by atoms with Crippen molar-refractivity contribution in [2.45, 2.75) is 36.8 Å². The number of amides is 2. The van der Waals surface area contributed by atoms with Crippen LogP contribution in [0, 0.1) is 0 Å². The van der Waals surface area contributed by atoms with E-state index < -0.39 is 17.6 Å². The predicted octanol–water partition coefficient (Wildman–Crippen LogP) is 3.79. The van der Waals surface area contributed by atoms with Crippen LogP contribution in [0.3, 0.4) is 0 Å². The molecule has 0 aliphatic carbocycles. The van der Waals surface area contributed by atoms with Crippen LogP contribution in [0.15, 0.2) is 65.9 Å². The molecule has 36 heavy (non-hydrogen) atoms. The number of aromatic hydroxyl groups is 1. The predicted molar refractivity (Wildman–Crippen MR) is 137 cm³/mol. The summed E-state index contributed by atoms with van der Waals surface area (Å²) >= 11 is 3.28. The number of carbonyl (C=O) groups excluding carboxylic acids is 1. The highest BCUT2D eigenvalue weighted by molar-refractivity contribution is 9.18. The van der Waals surface area contributed by atoms with Crippen molar-refractivity contribution in [3.63, 3.8) is 0 Å². The lowest BCUT2D eigenvalue weighted by atomic mass is 9.74. The topological polar surface area (TPSA) is 124 Å². The minimum atomic E-state index is -1.16. The summed E-state index contributed by atoms with van der Waals surface area (Å²) in [6, 6.07) is 15.7. The van der Waals surface area contributed by atoms with Gasteiger partial charge >= 0.3 is 6.09 Å². The molecule has 0 spiro atoms. The Bertz CT molecular complexity index is 1330. The standard InChI is InChI=1S/C26H25BrN4O5/c27-23-10-20(36-30-23)14-29-24(33)22-12-26(15-31(22)25(34)35,18-5-7-19(32)8-6-18)11-16-9-17-3-1-2-4-21(17)28-13-16/h1-9,13,20,22,32H,10-12,14-15H2,(H,29,33)(H,34,35)/t20-,22-,26+/m0/s1. The molecule has 3 aromatic rings. The number of carboxylic acid groups (broad SMARTS) is 1. The fourth-order valence-electron chi connectivity index (χ4n) is 5.11. The van der Waals surface area contributed by atoms with Gasteiger partial charge in [0, 0.05) is 30.0 Å². The number of benzene rings is 2. The van der Waals surface area contributed by atoms with Crippen LogP contribution in [0.25, 0.3) is 10.9 Å². The van der Waals surface area contributed by atoms with Crippen molar-refractivity contribution in [2.24, 2.45) is 5.16 Å². The summed E-state index contributed by atoms with van der Waals surface area (Å²) in [4.78, 5) is 36.5. The van der Waals surface area contributed by atoms with Crippen LogP contribution in [0.2, 0.25) is 0 Å². The van der Waals surface area contributed by atoms with E-state index in [2.05, 4.69) is 37.5 Å². The Kier molecular flexibility index (Phi) is 6.53. The Morgan fingerprint density at radius 1 is 1.19 bits per heavy atom. The van der Waals surface area contributed by atoms with Crippen LogP contribution >= 0.6 is 15.9 Å². The van der Waals surface area contributed by atoms with Gasteiger partial charge in [0.05, 0.1) is 12.1 Å². The van der Waals surface area contributed by atoms with Crippen molar-refractivity contribution in [3.05, 3.63) is 71.9 Å². The number of carbonyl (C=O) groups is 2. The lowest BCUT2D eigenvalue weighted by Crippen LogP contribution is -2.47. The second-order valence-corrected chi connectivity index (χ2v) is 10.2. The molecule has 2 aromatic carbocycles. The van der Waals surface area contributed by atoms with E-state index in [-0.39, 0.29) is 37.3 Å². The summed E-state index contributed by atoms with van der Waals surface area (Å²) in [5.74, 6) is -0.255. The summed E-state index contributed by atoms with van der Waals surface area (Å²) in [5, 5.41) is 27.5. The van der Waals surface area contributed by atoms with Crippen molar-refractivity contribution in [3.8, 4) is 5.75 Å². The van der Waals surface area contributed by atoms with Crippen LogP contribution in [-0.4, -0.2) is 62.0 Å². The number of fused-ring (bicyclic) bond motifs is 1. The number of hydrogen-bond acceptors (Lipinski definition) is 6. The van der Waals surface area contributed by atoms with Gasteiger partial charge in [0.1, 0.15) is 16.4 Å². The summed E-state index contributed by atoms with van der Waals surface area (Å²) in [6.45, 7) is 0.356. The van der Waals surface area contributed by atoms with Crippen molar-refractivity contribution < 1.29 is 24.6 Å². The van der Waals surface area contributed by atoms with Gasteiger partial charge in [-0.2, -0.15) is 0 Å². The van der Waals surface area contributed by atoms with E-state index in [9.17, 15) is 19.8 Å². The van der Waals surface area contributed by atoms with E-state index in [1.165, 1.54) is 4.90 Å². The van der Waals surface area contributed by atoms with E-state index in [1.807, 2.05) is 24.3 Å². The van der Waals surface area contributed by atoms with E-state index >= 15 is 0 Å². The Hall–Kier alpha value is -3.66. The zero-order valence-corrected chi connectivity index (χ0v) is 20.9. The van der Waals surface area contributed by atoms with E-state index in [4.69, 9.17) is 4.84 Å². The van der Waals surface area contributed by atoms with Gasteiger partial charge in [-0.1, -0.05) is 35.5 Å². The minimum absolute atomic E-state index is 0.119. The molecular formula is C26H25BrN4O5. The number of halogens is 1. The average molecular weight is 553 g/mol. The van der Waals surface area contributed by atoms with Crippen LogP contribution in [0.1, 0.15) is 24.0 Å². The molecule has 2 amide bonds. The largest absolute Gasteiger partial charge is 0.508 e. The van der Waals surface area contributed by atoms with Gasteiger partial charge in [-0.05, 0) is 64.2 Å². The molecule has 10 heteroatoms. The lowest BCUT2D eigenvalue weighted by molar-refractivity contribution is -0.125. The first kappa shape index (κ1) is 24.1. The zero-order chi connectivity index (χ0) is 25.3. The first-order chi connectivity index (χ1) is 17.3. The van der Waals surface area contributed by atoms with Crippen molar-refractivity contribution in [1.82, 2.24) is 15.2 Å². The number of aromatic nitrogens is 1. The Balaban J connectivity index is 1.45. The van der Waals surface area contributed by atoms with Gasteiger partial charge in [-0.15, -0.1) is 0 Å². The monoisotopic (exact) mass is 552 g/mol. The molecule has 1 saturated heterocycles. The van der Waals surface area contributed by atoms with Crippen LogP contribution in [0.5, 0.6) is 5.75 Å². The molecule has 1 aromatic heterocycles. The second kappa shape index (κ2) is 9.77. The maximum absolute atomic E-state index is 13.2. The van der Waals surface area contributed by atoms with Gasteiger partial charge in [-0.3, -0.25) is 14.7 Å². The van der Waals surface area contributed by atoms with Gasteiger partial charge in [0.15, 0.2) is 6.10 Å². The maximum Gasteiger partial charge on any atom is 0.408 e. The van der Waals surface area contributed by atoms with Crippen molar-refractivity contribution in [2.75, 3.05) is 13.1 Å². The normalized spacial score (nSPS) is 23.4. The van der Waals surface area contributed by atoms with Gasteiger partial charge < -0.3 is 20.4 Å². The Labute approximate surface area is 215 Å². The summed E-state index contributed by atoms with van der Waals surface area (Å²) in [6.07, 6.45) is 1.66. The molecule has 0 radical (unpaired) electrons. The van der Waals surface area contributed by atoms with Gasteiger partial charge in [-0.25, -0.2) is 4.79 Å². The number of nitrogens with one attached hydrogen (secondary N) is 1. The Morgan fingerprint density at radius 3 is 2.69 bits per heavy atom. The molecule has 186 valence electrons. The highest BCUT2D eigenvalue weighted by Gasteiger charge is 2.50. The van der Waals surface area contributed by atoms with Crippen molar-refractivity contribution in [1.29, 1.82) is 0 Å². The van der Waals surface area contributed by atoms with Crippen LogP contribution in [-0.2, 0) is 21.5 Å². The number of hydrogen-bond donors (Lipinski definition) is 3. The number of pyridine rings is 1. The number of rotatable bonds is 6. The number of likely N-dealkylation sites (tertiary alicyclic amines) is 1. The number of phenols is 1. The van der Waals surface area contributed by atoms with Crippen LogP contribution < -0.4 is 5.32 Å². The fraction of sp³-hybridized carbons (Fsp3) is 0.308. The summed E-state index contributed by atoms with van der Waals surface area (Å²) < 4.78 is 0.671. The first-order valence-electron chi connectivity index (χ1n) is 11.6. The maximum atomic E-state index is 13.2. The van der Waals surface area contributed by atoms with Crippen molar-refractivity contribution >= 4 is 43.5 Å². The molecule has 0 saturated carbocycles. The molecule has 3 atom stereocenters. The third kappa shape index (κ3) is 4.86. The van der Waals surface area contributed by atoms with E-state index in [0.717, 1.165) is 22.0 Å². The van der Waals surface area contributed by atoms with E-state index in [0.29, 0.717) is 17.5 Å².